The van der Waals surface area contributed by atoms with E-state index in [1.807, 2.05) is 11.8 Å². The van der Waals surface area contributed by atoms with Gasteiger partial charge < -0.3 is 9.80 Å². The summed E-state index contributed by atoms with van der Waals surface area (Å²) in [4.78, 5) is 27.0. The van der Waals surface area contributed by atoms with Gasteiger partial charge in [-0.3, -0.25) is 9.59 Å². The van der Waals surface area contributed by atoms with Gasteiger partial charge in [0.1, 0.15) is 0 Å². The highest BCUT2D eigenvalue weighted by molar-refractivity contribution is 5.83. The topological polar surface area (TPSA) is 40.6 Å². The largest absolute Gasteiger partial charge is 0.341 e. The van der Waals surface area contributed by atoms with E-state index in [4.69, 9.17) is 0 Å². The first-order valence-electron chi connectivity index (χ1n) is 6.68. The molecule has 1 heterocycles. The second-order valence-corrected chi connectivity index (χ2v) is 4.74. The Balaban J connectivity index is 2.47. The Morgan fingerprint density at radius 2 is 1.71 bits per heavy atom. The maximum absolute atomic E-state index is 12.1. The molecule has 1 saturated heterocycles. The van der Waals surface area contributed by atoms with Crippen LogP contribution in [0.15, 0.2) is 0 Å². The van der Waals surface area contributed by atoms with Crippen LogP contribution >= 0.6 is 0 Å². The van der Waals surface area contributed by atoms with Crippen molar-refractivity contribution in [2.75, 3.05) is 26.2 Å². The molecule has 0 spiro atoms. The molecule has 1 fully saturated rings. The van der Waals surface area contributed by atoms with Gasteiger partial charge in [0.25, 0.3) is 0 Å². The maximum atomic E-state index is 12.1. The van der Waals surface area contributed by atoms with Gasteiger partial charge in [-0.05, 0) is 19.3 Å². The van der Waals surface area contributed by atoms with Gasteiger partial charge in [0.2, 0.25) is 11.8 Å². The van der Waals surface area contributed by atoms with Crippen molar-refractivity contribution in [3.05, 3.63) is 0 Å². The Morgan fingerprint density at radius 3 is 2.18 bits per heavy atom. The standard InChI is InChI=1S/C13H24N2O2/c1-3-8-15(12(2)16)11-13(17)14-9-6-4-5-7-10-14/h3-11H2,1-2H3. The van der Waals surface area contributed by atoms with Gasteiger partial charge in [0.15, 0.2) is 0 Å². The number of nitrogens with zero attached hydrogens (tertiary/aromatic N) is 2. The predicted molar refractivity (Wildman–Crippen MR) is 67.6 cm³/mol. The predicted octanol–water partition coefficient (Wildman–Crippen LogP) is 1.65. The van der Waals surface area contributed by atoms with Crippen molar-refractivity contribution >= 4 is 11.8 Å². The highest BCUT2D eigenvalue weighted by Crippen LogP contribution is 2.10. The summed E-state index contributed by atoms with van der Waals surface area (Å²) in [5.41, 5.74) is 0. The van der Waals surface area contributed by atoms with Crippen LogP contribution in [-0.2, 0) is 9.59 Å². The molecule has 0 aromatic rings. The molecule has 1 aliphatic rings. The summed E-state index contributed by atoms with van der Waals surface area (Å²) in [5, 5.41) is 0. The first-order chi connectivity index (χ1) is 8.15. The number of hydrogen-bond donors (Lipinski definition) is 0. The normalized spacial score (nSPS) is 16.5. The third kappa shape index (κ3) is 4.75. The third-order valence-corrected chi connectivity index (χ3v) is 3.22. The number of amides is 2. The maximum Gasteiger partial charge on any atom is 0.242 e. The lowest BCUT2D eigenvalue weighted by Gasteiger charge is -2.25. The zero-order chi connectivity index (χ0) is 12.7. The van der Waals surface area contributed by atoms with Gasteiger partial charge in [-0.1, -0.05) is 19.8 Å². The molecule has 2 amide bonds. The van der Waals surface area contributed by atoms with Gasteiger partial charge in [-0.2, -0.15) is 0 Å². The molecule has 0 saturated carbocycles. The van der Waals surface area contributed by atoms with Crippen molar-refractivity contribution in [2.45, 2.75) is 46.0 Å². The minimum atomic E-state index is -0.00461. The molecule has 1 rings (SSSR count). The van der Waals surface area contributed by atoms with E-state index in [2.05, 4.69) is 0 Å². The number of carbonyl (C=O) groups excluding carboxylic acids is 2. The summed E-state index contributed by atoms with van der Waals surface area (Å²) < 4.78 is 0. The van der Waals surface area contributed by atoms with E-state index in [0.717, 1.165) is 32.4 Å². The molecule has 4 heteroatoms. The minimum Gasteiger partial charge on any atom is -0.341 e. The van der Waals surface area contributed by atoms with E-state index in [-0.39, 0.29) is 18.4 Å². The molecule has 0 radical (unpaired) electrons. The highest BCUT2D eigenvalue weighted by Gasteiger charge is 2.19. The van der Waals surface area contributed by atoms with Crippen LogP contribution < -0.4 is 0 Å². The van der Waals surface area contributed by atoms with E-state index < -0.39 is 0 Å². The first kappa shape index (κ1) is 14.0. The van der Waals surface area contributed by atoms with E-state index in [0.29, 0.717) is 6.54 Å². The summed E-state index contributed by atoms with van der Waals surface area (Å²) in [6.45, 7) is 6.20. The third-order valence-electron chi connectivity index (χ3n) is 3.22. The van der Waals surface area contributed by atoms with Crippen LogP contribution in [0.3, 0.4) is 0 Å². The van der Waals surface area contributed by atoms with Crippen molar-refractivity contribution in [2.24, 2.45) is 0 Å². The summed E-state index contributed by atoms with van der Waals surface area (Å²) >= 11 is 0. The number of carbonyl (C=O) groups is 2. The quantitative estimate of drug-likeness (QED) is 0.749. The van der Waals surface area contributed by atoms with Gasteiger partial charge in [0, 0.05) is 26.6 Å². The fourth-order valence-electron chi connectivity index (χ4n) is 2.20. The fourth-order valence-corrected chi connectivity index (χ4v) is 2.20. The molecule has 98 valence electrons. The van der Waals surface area contributed by atoms with E-state index in [1.54, 1.807) is 4.90 Å². The lowest BCUT2D eigenvalue weighted by atomic mass is 10.2. The Morgan fingerprint density at radius 1 is 1.12 bits per heavy atom. The van der Waals surface area contributed by atoms with Crippen molar-refractivity contribution in [3.63, 3.8) is 0 Å². The van der Waals surface area contributed by atoms with E-state index >= 15 is 0 Å². The summed E-state index contributed by atoms with van der Waals surface area (Å²) in [6.07, 6.45) is 5.52. The molecule has 17 heavy (non-hydrogen) atoms. The molecule has 4 nitrogen and oxygen atoms in total. The summed E-state index contributed by atoms with van der Waals surface area (Å²) in [6, 6.07) is 0. The average Bonchev–Trinajstić information content (AvgIpc) is 2.56. The van der Waals surface area contributed by atoms with Crippen LogP contribution in [0.4, 0.5) is 0 Å². The van der Waals surface area contributed by atoms with Gasteiger partial charge in [-0.15, -0.1) is 0 Å². The van der Waals surface area contributed by atoms with Crippen LogP contribution in [0.2, 0.25) is 0 Å². The van der Waals surface area contributed by atoms with Crippen LogP contribution in [0.1, 0.15) is 46.0 Å². The minimum absolute atomic E-state index is 0.00461. The second-order valence-electron chi connectivity index (χ2n) is 4.74. The van der Waals surface area contributed by atoms with Crippen molar-refractivity contribution in [1.29, 1.82) is 0 Å². The molecule has 1 aliphatic heterocycles. The van der Waals surface area contributed by atoms with Crippen LogP contribution in [0, 0.1) is 0 Å². The zero-order valence-electron chi connectivity index (χ0n) is 11.1. The van der Waals surface area contributed by atoms with Crippen molar-refractivity contribution < 1.29 is 9.59 Å². The molecule has 0 aliphatic carbocycles. The Bertz CT molecular complexity index is 258. The Kier molecular flexibility index (Phi) is 6.01. The summed E-state index contributed by atoms with van der Waals surface area (Å²) in [5.74, 6) is 0.102. The van der Waals surface area contributed by atoms with Crippen LogP contribution in [-0.4, -0.2) is 47.8 Å². The second kappa shape index (κ2) is 7.30. The number of likely N-dealkylation sites (tertiary alicyclic amines) is 1. The number of hydrogen-bond acceptors (Lipinski definition) is 2. The smallest absolute Gasteiger partial charge is 0.242 e. The molecule has 0 unspecified atom stereocenters. The number of rotatable bonds is 4. The van der Waals surface area contributed by atoms with Crippen molar-refractivity contribution in [1.82, 2.24) is 9.80 Å². The monoisotopic (exact) mass is 240 g/mol. The molecule has 0 aromatic heterocycles. The lowest BCUT2D eigenvalue weighted by Crippen LogP contribution is -2.42. The van der Waals surface area contributed by atoms with E-state index in [1.165, 1.54) is 19.8 Å². The molecular weight excluding hydrogens is 216 g/mol. The van der Waals surface area contributed by atoms with Gasteiger partial charge >= 0.3 is 0 Å². The Hall–Kier alpha value is -1.06. The van der Waals surface area contributed by atoms with E-state index in [9.17, 15) is 9.59 Å². The molecule has 0 N–H and O–H groups in total. The highest BCUT2D eigenvalue weighted by atomic mass is 16.2. The average molecular weight is 240 g/mol. The molecular formula is C13H24N2O2. The molecule has 0 bridgehead atoms. The zero-order valence-corrected chi connectivity index (χ0v) is 11.1. The van der Waals surface area contributed by atoms with Gasteiger partial charge in [-0.25, -0.2) is 0 Å². The fraction of sp³-hybridized carbons (Fsp3) is 0.846. The Labute approximate surface area is 104 Å². The van der Waals surface area contributed by atoms with Gasteiger partial charge in [0.05, 0.1) is 6.54 Å². The van der Waals surface area contributed by atoms with Crippen LogP contribution in [0.25, 0.3) is 0 Å². The molecule has 0 atom stereocenters. The molecule has 0 aromatic carbocycles. The van der Waals surface area contributed by atoms with Crippen molar-refractivity contribution in [3.8, 4) is 0 Å². The lowest BCUT2D eigenvalue weighted by molar-refractivity contribution is -0.139. The van der Waals surface area contributed by atoms with Crippen LogP contribution in [0.5, 0.6) is 0 Å². The first-order valence-corrected chi connectivity index (χ1v) is 6.68. The summed E-state index contributed by atoms with van der Waals surface area (Å²) in [7, 11) is 0. The SMILES string of the molecule is CCCN(CC(=O)N1CCCCCC1)C(C)=O.